The van der Waals surface area contributed by atoms with Crippen molar-refractivity contribution >= 4 is 15.9 Å². The Morgan fingerprint density at radius 3 is 3.00 bits per heavy atom. The maximum atomic E-state index is 5.92. The maximum absolute atomic E-state index is 5.92. The number of hydrogen-bond acceptors (Lipinski definition) is 3. The van der Waals surface area contributed by atoms with E-state index in [1.807, 2.05) is 12.5 Å². The second kappa shape index (κ2) is 6.11. The Labute approximate surface area is 115 Å². The van der Waals surface area contributed by atoms with Crippen molar-refractivity contribution in [2.45, 2.75) is 32.4 Å². The summed E-state index contributed by atoms with van der Waals surface area (Å²) in [5.41, 5.74) is 8.12. The highest BCUT2D eigenvalue weighted by Crippen LogP contribution is 2.11. The number of halogens is 1. The number of pyridine rings is 1. The fourth-order valence-electron chi connectivity index (χ4n) is 1.76. The van der Waals surface area contributed by atoms with Crippen molar-refractivity contribution in [2.24, 2.45) is 5.73 Å². The molecule has 2 N–H and O–H groups in total. The predicted octanol–water partition coefficient (Wildman–Crippen LogP) is 2.37. The molecule has 0 aliphatic rings. The SMILES string of the molecule is CCC(N)Cc1cn(Cc2cncc(Br)c2)cn1. The van der Waals surface area contributed by atoms with Crippen LogP contribution in [0.1, 0.15) is 24.6 Å². The van der Waals surface area contributed by atoms with E-state index in [2.05, 4.69) is 49.7 Å². The summed E-state index contributed by atoms with van der Waals surface area (Å²) >= 11 is 3.42. The van der Waals surface area contributed by atoms with E-state index in [4.69, 9.17) is 5.73 Å². The first-order valence-corrected chi connectivity index (χ1v) is 6.82. The zero-order valence-electron chi connectivity index (χ0n) is 10.4. The minimum absolute atomic E-state index is 0.195. The van der Waals surface area contributed by atoms with Crippen LogP contribution in [-0.4, -0.2) is 20.6 Å². The van der Waals surface area contributed by atoms with Crippen LogP contribution in [0.25, 0.3) is 0 Å². The van der Waals surface area contributed by atoms with Gasteiger partial charge in [0.05, 0.1) is 18.6 Å². The molecule has 0 saturated heterocycles. The van der Waals surface area contributed by atoms with Crippen LogP contribution in [0.2, 0.25) is 0 Å². The highest BCUT2D eigenvalue weighted by molar-refractivity contribution is 9.10. The zero-order chi connectivity index (χ0) is 13.0. The molecule has 18 heavy (non-hydrogen) atoms. The van der Waals surface area contributed by atoms with E-state index in [1.165, 1.54) is 0 Å². The number of hydrogen-bond donors (Lipinski definition) is 1. The summed E-state index contributed by atoms with van der Waals surface area (Å²) in [6.07, 6.45) is 9.35. The van der Waals surface area contributed by atoms with Crippen LogP contribution in [0, 0.1) is 0 Å². The van der Waals surface area contributed by atoms with Crippen LogP contribution in [0.5, 0.6) is 0 Å². The second-order valence-corrected chi connectivity index (χ2v) is 5.34. The lowest BCUT2D eigenvalue weighted by molar-refractivity contribution is 0.638. The molecule has 4 nitrogen and oxygen atoms in total. The summed E-state index contributed by atoms with van der Waals surface area (Å²) in [7, 11) is 0. The average Bonchev–Trinajstić information content (AvgIpc) is 2.76. The number of nitrogens with zero attached hydrogens (tertiary/aromatic N) is 3. The monoisotopic (exact) mass is 308 g/mol. The molecule has 0 spiro atoms. The zero-order valence-corrected chi connectivity index (χ0v) is 12.0. The smallest absolute Gasteiger partial charge is 0.0952 e. The summed E-state index contributed by atoms with van der Waals surface area (Å²) in [5.74, 6) is 0. The van der Waals surface area contributed by atoms with E-state index in [0.717, 1.165) is 35.1 Å². The number of nitrogens with two attached hydrogens (primary N) is 1. The quantitative estimate of drug-likeness (QED) is 0.922. The van der Waals surface area contributed by atoms with Gasteiger partial charge in [-0.05, 0) is 34.0 Å². The molecule has 0 radical (unpaired) electrons. The molecule has 0 amide bonds. The largest absolute Gasteiger partial charge is 0.333 e. The van der Waals surface area contributed by atoms with Gasteiger partial charge in [-0.2, -0.15) is 0 Å². The van der Waals surface area contributed by atoms with Crippen LogP contribution in [0.15, 0.2) is 35.5 Å². The summed E-state index contributed by atoms with van der Waals surface area (Å²) in [6.45, 7) is 2.87. The Hall–Kier alpha value is -1.20. The van der Waals surface area contributed by atoms with Gasteiger partial charge in [0.1, 0.15) is 0 Å². The third kappa shape index (κ3) is 3.65. The molecule has 0 bridgehead atoms. The number of imidazole rings is 1. The van der Waals surface area contributed by atoms with Crippen molar-refractivity contribution in [3.05, 3.63) is 46.7 Å². The van der Waals surface area contributed by atoms with E-state index in [0.29, 0.717) is 0 Å². The molecule has 1 atom stereocenters. The van der Waals surface area contributed by atoms with Crippen molar-refractivity contribution in [3.8, 4) is 0 Å². The Morgan fingerprint density at radius 2 is 2.28 bits per heavy atom. The van der Waals surface area contributed by atoms with E-state index in [1.54, 1.807) is 6.20 Å². The number of rotatable bonds is 5. The Morgan fingerprint density at radius 1 is 1.44 bits per heavy atom. The van der Waals surface area contributed by atoms with Gasteiger partial charge < -0.3 is 10.3 Å². The topological polar surface area (TPSA) is 56.7 Å². The van der Waals surface area contributed by atoms with Gasteiger partial charge in [-0.3, -0.25) is 4.98 Å². The molecule has 0 aliphatic carbocycles. The van der Waals surface area contributed by atoms with E-state index in [9.17, 15) is 0 Å². The highest BCUT2D eigenvalue weighted by Gasteiger charge is 2.05. The average molecular weight is 309 g/mol. The molecule has 96 valence electrons. The van der Waals surface area contributed by atoms with Crippen LogP contribution >= 0.6 is 15.9 Å². The van der Waals surface area contributed by atoms with Crippen molar-refractivity contribution in [1.82, 2.24) is 14.5 Å². The predicted molar refractivity (Wildman–Crippen MR) is 75.2 cm³/mol. The van der Waals surface area contributed by atoms with E-state index < -0.39 is 0 Å². The van der Waals surface area contributed by atoms with Gasteiger partial charge in [-0.15, -0.1) is 0 Å². The highest BCUT2D eigenvalue weighted by atomic mass is 79.9. The minimum Gasteiger partial charge on any atom is -0.333 e. The van der Waals surface area contributed by atoms with Gasteiger partial charge in [-0.1, -0.05) is 6.92 Å². The maximum Gasteiger partial charge on any atom is 0.0952 e. The molecule has 2 aromatic rings. The fourth-order valence-corrected chi connectivity index (χ4v) is 2.18. The number of aromatic nitrogens is 3. The Bertz CT molecular complexity index is 509. The van der Waals surface area contributed by atoms with Crippen molar-refractivity contribution in [1.29, 1.82) is 0 Å². The lowest BCUT2D eigenvalue weighted by Gasteiger charge is -2.05. The van der Waals surface area contributed by atoms with Crippen molar-refractivity contribution < 1.29 is 0 Å². The summed E-state index contributed by atoms with van der Waals surface area (Å²) in [6, 6.07) is 2.26. The summed E-state index contributed by atoms with van der Waals surface area (Å²) < 4.78 is 3.05. The molecule has 5 heteroatoms. The van der Waals surface area contributed by atoms with Gasteiger partial charge >= 0.3 is 0 Å². The first-order chi connectivity index (χ1) is 8.67. The second-order valence-electron chi connectivity index (χ2n) is 4.42. The van der Waals surface area contributed by atoms with Crippen LogP contribution in [0.3, 0.4) is 0 Å². The molecule has 1 unspecified atom stereocenters. The third-order valence-electron chi connectivity index (χ3n) is 2.81. The Balaban J connectivity index is 2.02. The molecular formula is C13H17BrN4. The standard InChI is InChI=1S/C13H17BrN4/c1-2-12(15)4-13-8-18(9-17-13)7-10-3-11(14)6-16-5-10/h3,5-6,8-9,12H,2,4,7,15H2,1H3. The molecule has 0 fully saturated rings. The van der Waals surface area contributed by atoms with Crippen LogP contribution in [0.4, 0.5) is 0 Å². The fraction of sp³-hybridized carbons (Fsp3) is 0.385. The first-order valence-electron chi connectivity index (χ1n) is 6.03. The lowest BCUT2D eigenvalue weighted by Crippen LogP contribution is -2.21. The van der Waals surface area contributed by atoms with Crippen molar-refractivity contribution in [3.63, 3.8) is 0 Å². The summed E-state index contributed by atoms with van der Waals surface area (Å²) in [4.78, 5) is 8.52. The normalized spacial score (nSPS) is 12.6. The third-order valence-corrected chi connectivity index (χ3v) is 3.24. The molecule has 0 saturated carbocycles. The molecule has 0 aromatic carbocycles. The van der Waals surface area contributed by atoms with Gasteiger partial charge in [0, 0.05) is 35.5 Å². The van der Waals surface area contributed by atoms with E-state index >= 15 is 0 Å². The summed E-state index contributed by atoms with van der Waals surface area (Å²) in [5, 5.41) is 0. The lowest BCUT2D eigenvalue weighted by atomic mass is 10.1. The Kier molecular flexibility index (Phi) is 4.49. The van der Waals surface area contributed by atoms with Gasteiger partial charge in [0.15, 0.2) is 0 Å². The molecule has 2 aromatic heterocycles. The molecule has 0 aliphatic heterocycles. The minimum atomic E-state index is 0.195. The van der Waals surface area contributed by atoms with Gasteiger partial charge in [-0.25, -0.2) is 4.98 Å². The van der Waals surface area contributed by atoms with Crippen LogP contribution < -0.4 is 5.73 Å². The molecular weight excluding hydrogens is 292 g/mol. The van der Waals surface area contributed by atoms with Crippen LogP contribution in [-0.2, 0) is 13.0 Å². The molecule has 2 heterocycles. The molecule has 2 rings (SSSR count). The first kappa shape index (κ1) is 13.2. The van der Waals surface area contributed by atoms with Gasteiger partial charge in [0.25, 0.3) is 0 Å². The van der Waals surface area contributed by atoms with E-state index in [-0.39, 0.29) is 6.04 Å². The van der Waals surface area contributed by atoms with Gasteiger partial charge in [0.2, 0.25) is 0 Å². The van der Waals surface area contributed by atoms with Crippen molar-refractivity contribution in [2.75, 3.05) is 0 Å².